The molecule has 0 bridgehead atoms. The lowest BCUT2D eigenvalue weighted by molar-refractivity contribution is 0.571. The van der Waals surface area contributed by atoms with Crippen LogP contribution in [0.1, 0.15) is 23.2 Å². The van der Waals surface area contributed by atoms with Gasteiger partial charge in [-0.1, -0.05) is 35.3 Å². The van der Waals surface area contributed by atoms with Crippen LogP contribution in [0.3, 0.4) is 0 Å². The number of thiocarbonyl (C=S) groups is 1. The van der Waals surface area contributed by atoms with Crippen LogP contribution in [-0.4, -0.2) is 21.4 Å². The summed E-state index contributed by atoms with van der Waals surface area (Å²) in [7, 11) is 0. The van der Waals surface area contributed by atoms with E-state index >= 15 is 0 Å². The molecule has 2 rings (SSSR count). The first-order valence-corrected chi connectivity index (χ1v) is 8.56. The summed E-state index contributed by atoms with van der Waals surface area (Å²) in [6.07, 6.45) is 0.839. The van der Waals surface area contributed by atoms with E-state index in [0.717, 1.165) is 24.3 Å². The van der Waals surface area contributed by atoms with E-state index in [2.05, 4.69) is 35.6 Å². The van der Waals surface area contributed by atoms with Crippen LogP contribution in [-0.2, 0) is 6.54 Å². The van der Waals surface area contributed by atoms with Crippen LogP contribution in [0.15, 0.2) is 18.2 Å². The molecule has 0 amide bonds. The van der Waals surface area contributed by atoms with Crippen molar-refractivity contribution >= 4 is 46.2 Å². The van der Waals surface area contributed by atoms with Crippen molar-refractivity contribution in [2.24, 2.45) is 0 Å². The molecule has 23 heavy (non-hydrogen) atoms. The Hall–Kier alpha value is -1.30. The SMILES string of the molecule is Cc1cccc(NC(=S)NCCCn2nc(C)c(Cl)c2Cl)c1C. The van der Waals surface area contributed by atoms with Crippen molar-refractivity contribution in [3.63, 3.8) is 0 Å². The normalized spacial score (nSPS) is 10.7. The molecule has 0 saturated heterocycles. The number of rotatable bonds is 5. The number of halogens is 2. The number of hydrogen-bond acceptors (Lipinski definition) is 2. The van der Waals surface area contributed by atoms with Gasteiger partial charge in [-0.15, -0.1) is 0 Å². The van der Waals surface area contributed by atoms with E-state index in [-0.39, 0.29) is 0 Å². The number of nitrogens with zero attached hydrogens (tertiary/aromatic N) is 2. The zero-order chi connectivity index (χ0) is 17.0. The molecule has 1 aromatic heterocycles. The second-order valence-corrected chi connectivity index (χ2v) is 6.54. The molecule has 0 aliphatic carbocycles. The Labute approximate surface area is 152 Å². The maximum absolute atomic E-state index is 6.11. The molecule has 1 heterocycles. The maximum Gasteiger partial charge on any atom is 0.170 e. The van der Waals surface area contributed by atoms with E-state index in [1.54, 1.807) is 4.68 Å². The Morgan fingerprint density at radius 1 is 1.26 bits per heavy atom. The van der Waals surface area contributed by atoms with Gasteiger partial charge < -0.3 is 10.6 Å². The first-order valence-electron chi connectivity index (χ1n) is 7.39. The third-order valence-electron chi connectivity index (χ3n) is 3.68. The molecule has 2 N–H and O–H groups in total. The van der Waals surface area contributed by atoms with Crippen LogP contribution in [0.4, 0.5) is 5.69 Å². The lowest BCUT2D eigenvalue weighted by Crippen LogP contribution is -2.30. The molecule has 2 aromatic rings. The van der Waals surface area contributed by atoms with Crippen molar-refractivity contribution < 1.29 is 0 Å². The van der Waals surface area contributed by atoms with Crippen molar-refractivity contribution in [1.29, 1.82) is 0 Å². The van der Waals surface area contributed by atoms with Crippen LogP contribution in [0, 0.1) is 20.8 Å². The molecule has 0 unspecified atom stereocenters. The summed E-state index contributed by atoms with van der Waals surface area (Å²) in [4.78, 5) is 0. The van der Waals surface area contributed by atoms with Gasteiger partial charge in [0.2, 0.25) is 0 Å². The third kappa shape index (κ3) is 4.59. The second kappa shape index (κ2) is 7.99. The molecule has 1 aromatic carbocycles. The first kappa shape index (κ1) is 18.0. The molecule has 7 heteroatoms. The predicted octanol–water partition coefficient (Wildman–Crippen LogP) is 4.49. The van der Waals surface area contributed by atoms with Gasteiger partial charge in [-0.2, -0.15) is 5.10 Å². The fourth-order valence-electron chi connectivity index (χ4n) is 2.16. The summed E-state index contributed by atoms with van der Waals surface area (Å²) in [5.41, 5.74) is 4.21. The number of anilines is 1. The highest BCUT2D eigenvalue weighted by Gasteiger charge is 2.10. The first-order chi connectivity index (χ1) is 10.9. The van der Waals surface area contributed by atoms with Gasteiger partial charge in [-0.05, 0) is 56.6 Å². The van der Waals surface area contributed by atoms with E-state index in [1.807, 2.05) is 19.1 Å². The molecular formula is C16H20Cl2N4S. The molecule has 0 aliphatic rings. The van der Waals surface area contributed by atoms with Crippen molar-refractivity contribution in [3.8, 4) is 0 Å². The molecule has 0 fully saturated rings. The minimum Gasteiger partial charge on any atom is -0.362 e. The van der Waals surface area contributed by atoms with Crippen LogP contribution < -0.4 is 10.6 Å². The highest BCUT2D eigenvalue weighted by atomic mass is 35.5. The molecular weight excluding hydrogens is 351 g/mol. The van der Waals surface area contributed by atoms with Crippen LogP contribution in [0.5, 0.6) is 0 Å². The zero-order valence-electron chi connectivity index (χ0n) is 13.4. The van der Waals surface area contributed by atoms with E-state index in [0.29, 0.717) is 21.8 Å². The van der Waals surface area contributed by atoms with Gasteiger partial charge in [0.15, 0.2) is 5.11 Å². The molecule has 0 radical (unpaired) electrons. The van der Waals surface area contributed by atoms with Crippen LogP contribution >= 0.6 is 35.4 Å². The Morgan fingerprint density at radius 3 is 2.65 bits per heavy atom. The average molecular weight is 371 g/mol. The number of aryl methyl sites for hydroxylation is 3. The van der Waals surface area contributed by atoms with Crippen molar-refractivity contribution in [1.82, 2.24) is 15.1 Å². The Morgan fingerprint density at radius 2 is 2.00 bits per heavy atom. The standard InChI is InChI=1S/C16H20Cl2N4S/c1-10-6-4-7-13(11(10)2)20-16(23)19-8-5-9-22-15(18)14(17)12(3)21-22/h4,6-7H,5,8-9H2,1-3H3,(H2,19,20,23). The van der Waals surface area contributed by atoms with Crippen LogP contribution in [0.2, 0.25) is 10.2 Å². The summed E-state index contributed by atoms with van der Waals surface area (Å²) in [5, 5.41) is 12.3. The van der Waals surface area contributed by atoms with Gasteiger partial charge in [-0.3, -0.25) is 4.68 Å². The maximum atomic E-state index is 6.11. The summed E-state index contributed by atoms with van der Waals surface area (Å²) >= 11 is 17.5. The minimum atomic E-state index is 0.486. The smallest absolute Gasteiger partial charge is 0.170 e. The average Bonchev–Trinajstić information content (AvgIpc) is 2.76. The fourth-order valence-corrected chi connectivity index (χ4v) is 2.77. The minimum absolute atomic E-state index is 0.486. The largest absolute Gasteiger partial charge is 0.362 e. The highest BCUT2D eigenvalue weighted by molar-refractivity contribution is 7.80. The summed E-state index contributed by atoms with van der Waals surface area (Å²) < 4.78 is 1.71. The number of benzene rings is 1. The highest BCUT2D eigenvalue weighted by Crippen LogP contribution is 2.24. The lowest BCUT2D eigenvalue weighted by atomic mass is 10.1. The van der Waals surface area contributed by atoms with Crippen molar-refractivity contribution in [2.75, 3.05) is 11.9 Å². The molecule has 4 nitrogen and oxygen atoms in total. The van der Waals surface area contributed by atoms with Gasteiger partial charge in [0.1, 0.15) is 10.2 Å². The summed E-state index contributed by atoms with van der Waals surface area (Å²) in [5.74, 6) is 0. The number of nitrogens with one attached hydrogen (secondary N) is 2. The Kier molecular flexibility index (Phi) is 6.27. The Balaban J connectivity index is 1.79. The third-order valence-corrected chi connectivity index (χ3v) is 4.86. The molecule has 0 saturated carbocycles. The quantitative estimate of drug-likeness (QED) is 0.600. The summed E-state index contributed by atoms with van der Waals surface area (Å²) in [6.45, 7) is 7.41. The molecule has 124 valence electrons. The Bertz CT molecular complexity index is 712. The van der Waals surface area contributed by atoms with E-state index in [9.17, 15) is 0 Å². The number of aromatic nitrogens is 2. The van der Waals surface area contributed by atoms with Gasteiger partial charge in [0.05, 0.1) is 5.69 Å². The topological polar surface area (TPSA) is 41.9 Å². The number of hydrogen-bond donors (Lipinski definition) is 2. The van der Waals surface area contributed by atoms with Crippen molar-refractivity contribution in [3.05, 3.63) is 45.2 Å². The molecule has 0 atom stereocenters. The van der Waals surface area contributed by atoms with E-state index < -0.39 is 0 Å². The zero-order valence-corrected chi connectivity index (χ0v) is 15.7. The van der Waals surface area contributed by atoms with Gasteiger partial charge in [0, 0.05) is 18.8 Å². The predicted molar refractivity (Wildman–Crippen MR) is 102 cm³/mol. The van der Waals surface area contributed by atoms with E-state index in [1.165, 1.54) is 11.1 Å². The summed E-state index contributed by atoms with van der Waals surface area (Å²) in [6, 6.07) is 6.11. The van der Waals surface area contributed by atoms with Gasteiger partial charge in [-0.25, -0.2) is 0 Å². The van der Waals surface area contributed by atoms with Gasteiger partial charge >= 0.3 is 0 Å². The van der Waals surface area contributed by atoms with Crippen molar-refractivity contribution in [2.45, 2.75) is 33.7 Å². The van der Waals surface area contributed by atoms with Crippen LogP contribution in [0.25, 0.3) is 0 Å². The monoisotopic (exact) mass is 370 g/mol. The molecule has 0 spiro atoms. The second-order valence-electron chi connectivity index (χ2n) is 5.40. The van der Waals surface area contributed by atoms with Gasteiger partial charge in [0.25, 0.3) is 0 Å². The van der Waals surface area contributed by atoms with E-state index in [4.69, 9.17) is 35.4 Å². The fraction of sp³-hybridized carbons (Fsp3) is 0.375. The molecule has 0 aliphatic heterocycles. The lowest BCUT2D eigenvalue weighted by Gasteiger charge is -2.13.